The zero-order valence-corrected chi connectivity index (χ0v) is 17.1. The fraction of sp³-hybridized carbons (Fsp3) is 0.130. The van der Waals surface area contributed by atoms with Crippen LogP contribution in [0.3, 0.4) is 0 Å². The third-order valence-corrected chi connectivity index (χ3v) is 6.67. The van der Waals surface area contributed by atoms with E-state index in [1.807, 2.05) is 0 Å². The second kappa shape index (κ2) is 7.00. The average Bonchev–Trinajstić information content (AvgIpc) is 3.18. The Labute approximate surface area is 177 Å². The van der Waals surface area contributed by atoms with Gasteiger partial charge in [0.2, 0.25) is 10.9 Å². The van der Waals surface area contributed by atoms with Gasteiger partial charge in [-0.25, -0.2) is 0 Å². The van der Waals surface area contributed by atoms with E-state index in [1.165, 1.54) is 6.07 Å². The molecule has 0 aliphatic heterocycles. The molecule has 5 rings (SSSR count). The van der Waals surface area contributed by atoms with Crippen molar-refractivity contribution in [1.29, 1.82) is 0 Å². The van der Waals surface area contributed by atoms with Gasteiger partial charge >= 0.3 is 0 Å². The van der Waals surface area contributed by atoms with Gasteiger partial charge in [0, 0.05) is 27.4 Å². The number of thiophene rings is 1. The molecule has 7 heteroatoms. The van der Waals surface area contributed by atoms with Gasteiger partial charge in [-0.1, -0.05) is 24.3 Å². The van der Waals surface area contributed by atoms with E-state index >= 15 is 0 Å². The number of fused-ring (bicyclic) bond motifs is 5. The van der Waals surface area contributed by atoms with Gasteiger partial charge in [-0.15, -0.1) is 22.9 Å². The maximum absolute atomic E-state index is 13.3. The Bertz CT molecular complexity index is 1690. The molecule has 0 saturated carbocycles. The van der Waals surface area contributed by atoms with Crippen LogP contribution in [0.15, 0.2) is 61.6 Å². The van der Waals surface area contributed by atoms with Crippen molar-refractivity contribution in [3.63, 3.8) is 0 Å². The van der Waals surface area contributed by atoms with Gasteiger partial charge in [0.15, 0.2) is 10.9 Å². The Hall–Kier alpha value is -3.09. The lowest BCUT2D eigenvalue weighted by molar-refractivity contribution is 0.319. The highest BCUT2D eigenvalue weighted by molar-refractivity contribution is 7.25. The molecular weight excluding hydrogens is 424 g/mol. The fourth-order valence-electron chi connectivity index (χ4n) is 3.82. The smallest absolute Gasteiger partial charge is 0.204 e. The predicted molar refractivity (Wildman–Crippen MR) is 123 cm³/mol. The highest BCUT2D eigenvalue weighted by Gasteiger charge is 2.22. The molecule has 0 spiro atoms. The van der Waals surface area contributed by atoms with E-state index in [4.69, 9.17) is 16.3 Å². The van der Waals surface area contributed by atoms with Crippen LogP contribution >= 0.6 is 22.9 Å². The monoisotopic (exact) mass is 436 g/mol. The van der Waals surface area contributed by atoms with Gasteiger partial charge in [0.25, 0.3) is 0 Å². The van der Waals surface area contributed by atoms with Gasteiger partial charge in [-0.05, 0) is 24.6 Å². The van der Waals surface area contributed by atoms with Crippen LogP contribution in [0.25, 0.3) is 41.7 Å². The molecule has 148 valence electrons. The lowest BCUT2D eigenvalue weighted by atomic mass is 10.0. The van der Waals surface area contributed by atoms with Crippen molar-refractivity contribution in [3.05, 3.63) is 83.4 Å². The van der Waals surface area contributed by atoms with Crippen LogP contribution in [0.1, 0.15) is 6.42 Å². The van der Waals surface area contributed by atoms with E-state index in [-0.39, 0.29) is 47.2 Å². The summed E-state index contributed by atoms with van der Waals surface area (Å²) in [5, 5.41) is 1.03. The molecule has 1 aromatic heterocycles. The average molecular weight is 437 g/mol. The molecule has 0 amide bonds. The summed E-state index contributed by atoms with van der Waals surface area (Å²) in [6, 6.07) is 11.2. The van der Waals surface area contributed by atoms with Crippen molar-refractivity contribution in [1.82, 2.24) is 0 Å². The molecule has 4 aromatic carbocycles. The molecule has 0 bridgehead atoms. The Kier molecular flexibility index (Phi) is 4.41. The van der Waals surface area contributed by atoms with E-state index in [2.05, 4.69) is 0 Å². The Morgan fingerprint density at radius 1 is 0.733 bits per heavy atom. The number of ether oxygens (including phenoxy) is 1. The molecule has 0 aliphatic rings. The summed E-state index contributed by atoms with van der Waals surface area (Å²) in [7, 11) is 0. The predicted octanol–water partition coefficient (Wildman–Crippen LogP) is 3.69. The molecule has 30 heavy (non-hydrogen) atoms. The number of rotatable bonds is 4. The minimum Gasteiger partial charge on any atom is -0.494 e. The van der Waals surface area contributed by atoms with Crippen LogP contribution in [-0.4, -0.2) is 12.5 Å². The first kappa shape index (κ1) is 18.9. The van der Waals surface area contributed by atoms with Gasteiger partial charge in [0.05, 0.1) is 26.8 Å². The number of hydrogen-bond donors (Lipinski definition) is 0. The third kappa shape index (κ3) is 2.61. The standard InChI is InChI=1S/C23H13ClO5S/c24-8-3-9-29-11-6-7-14-15(10-11)19(26)17-16-18(25)12-4-1-2-5-13(12)20(27)22(16)30-23(17)21(14)28/h1-2,4-7,10H,3,8-9H2. The Morgan fingerprint density at radius 2 is 1.30 bits per heavy atom. The van der Waals surface area contributed by atoms with Crippen LogP contribution in [0.2, 0.25) is 0 Å². The highest BCUT2D eigenvalue weighted by Crippen LogP contribution is 2.29. The largest absolute Gasteiger partial charge is 0.494 e. The number of benzene rings is 4. The second-order valence-corrected chi connectivity index (χ2v) is 8.37. The maximum atomic E-state index is 13.3. The van der Waals surface area contributed by atoms with Crippen LogP contribution in [0.5, 0.6) is 5.75 Å². The summed E-state index contributed by atoms with van der Waals surface area (Å²) < 4.78 is 5.89. The second-order valence-electron chi connectivity index (χ2n) is 6.97. The fourth-order valence-corrected chi connectivity index (χ4v) is 5.13. The molecule has 0 aliphatic carbocycles. The molecule has 0 saturated heterocycles. The molecule has 0 N–H and O–H groups in total. The Morgan fingerprint density at radius 3 is 1.93 bits per heavy atom. The topological polar surface area (TPSA) is 77.5 Å². The van der Waals surface area contributed by atoms with Crippen LogP contribution in [-0.2, 0) is 0 Å². The first-order valence-corrected chi connectivity index (χ1v) is 10.7. The van der Waals surface area contributed by atoms with Crippen molar-refractivity contribution in [2.24, 2.45) is 0 Å². The SMILES string of the molecule is O=c1c2ccccc2c(=O)c2c1sc1c(=O)c3ccc(OCCCCl)cc3c(=O)c12. The molecule has 0 unspecified atom stereocenters. The molecular formula is C23H13ClO5S. The molecule has 1 heterocycles. The third-order valence-electron chi connectivity index (χ3n) is 5.22. The lowest BCUT2D eigenvalue weighted by Gasteiger charge is -2.06. The maximum Gasteiger partial charge on any atom is 0.204 e. The minimum absolute atomic E-state index is 0.0262. The van der Waals surface area contributed by atoms with Crippen molar-refractivity contribution >= 4 is 64.7 Å². The van der Waals surface area contributed by atoms with Crippen molar-refractivity contribution < 1.29 is 4.74 Å². The van der Waals surface area contributed by atoms with Gasteiger partial charge in [-0.3, -0.25) is 19.2 Å². The number of alkyl halides is 1. The van der Waals surface area contributed by atoms with Gasteiger partial charge in [0.1, 0.15) is 5.75 Å². The van der Waals surface area contributed by atoms with E-state index < -0.39 is 10.9 Å². The molecule has 0 radical (unpaired) electrons. The molecule has 0 atom stereocenters. The van der Waals surface area contributed by atoms with E-state index in [0.717, 1.165) is 11.3 Å². The van der Waals surface area contributed by atoms with Crippen molar-refractivity contribution in [3.8, 4) is 5.75 Å². The molecule has 5 nitrogen and oxygen atoms in total. The Balaban J connectivity index is 1.94. The molecule has 0 fully saturated rings. The minimum atomic E-state index is -0.444. The van der Waals surface area contributed by atoms with Crippen LogP contribution in [0, 0.1) is 0 Å². The van der Waals surface area contributed by atoms with E-state index in [9.17, 15) is 19.2 Å². The number of halogens is 1. The van der Waals surface area contributed by atoms with Crippen LogP contribution in [0.4, 0.5) is 0 Å². The van der Waals surface area contributed by atoms with E-state index in [1.54, 1.807) is 36.4 Å². The molecule has 5 aromatic rings. The summed E-state index contributed by atoms with van der Waals surface area (Å²) in [5.74, 6) is 0.894. The van der Waals surface area contributed by atoms with Crippen molar-refractivity contribution in [2.45, 2.75) is 6.42 Å². The van der Waals surface area contributed by atoms with E-state index in [0.29, 0.717) is 30.0 Å². The normalized spacial score (nSPS) is 11.8. The summed E-state index contributed by atoms with van der Waals surface area (Å²) in [4.78, 5) is 52.6. The zero-order valence-electron chi connectivity index (χ0n) is 15.5. The van der Waals surface area contributed by atoms with Crippen LogP contribution < -0.4 is 26.5 Å². The summed E-state index contributed by atoms with van der Waals surface area (Å²) >= 11 is 6.58. The first-order valence-electron chi connectivity index (χ1n) is 9.30. The van der Waals surface area contributed by atoms with Gasteiger partial charge in [-0.2, -0.15) is 0 Å². The quantitative estimate of drug-likeness (QED) is 0.317. The highest BCUT2D eigenvalue weighted by atomic mass is 35.5. The van der Waals surface area contributed by atoms with Crippen molar-refractivity contribution in [2.75, 3.05) is 12.5 Å². The zero-order chi connectivity index (χ0) is 21.0. The summed E-state index contributed by atoms with van der Waals surface area (Å²) in [6.45, 7) is 0.382. The van der Waals surface area contributed by atoms with Gasteiger partial charge < -0.3 is 4.74 Å². The summed E-state index contributed by atoms with van der Waals surface area (Å²) in [5.41, 5.74) is -1.55. The summed E-state index contributed by atoms with van der Waals surface area (Å²) in [6.07, 6.45) is 0.643. The lowest BCUT2D eigenvalue weighted by Crippen LogP contribution is -2.15. The number of hydrogen-bond acceptors (Lipinski definition) is 6. The first-order chi connectivity index (χ1) is 14.5.